The summed E-state index contributed by atoms with van der Waals surface area (Å²) in [6.07, 6.45) is -3.87. The molecule has 1 aromatic heterocycles. The minimum absolute atomic E-state index is 0.0482. The topological polar surface area (TPSA) is 87.7 Å². The first-order chi connectivity index (χ1) is 7.95. The Morgan fingerprint density at radius 2 is 2.24 bits per heavy atom. The van der Waals surface area contributed by atoms with Crippen LogP contribution in [0.5, 0.6) is 0 Å². The van der Waals surface area contributed by atoms with Crippen LogP contribution in [0.15, 0.2) is 17.4 Å². The molecule has 0 saturated heterocycles. The van der Waals surface area contributed by atoms with Crippen LogP contribution in [0.2, 0.25) is 0 Å². The predicted octanol–water partition coefficient (Wildman–Crippen LogP) is 2.34. The van der Waals surface area contributed by atoms with Crippen molar-refractivity contribution in [1.82, 2.24) is 4.98 Å². The standard InChI is InChI=1S/C9H6F3N5/c10-9(11,12)7-4-6(8(13)15-5-7)2-1-3-16-17-14/h4-5H,3H2,(H2,13,15). The number of aromatic nitrogens is 1. The monoisotopic (exact) mass is 241 g/mol. The van der Waals surface area contributed by atoms with Crippen LogP contribution in [0.3, 0.4) is 0 Å². The van der Waals surface area contributed by atoms with Crippen LogP contribution in [-0.4, -0.2) is 11.5 Å². The number of halogens is 3. The molecule has 0 amide bonds. The van der Waals surface area contributed by atoms with Crippen molar-refractivity contribution in [3.05, 3.63) is 33.8 Å². The number of rotatable bonds is 1. The fourth-order valence-electron chi connectivity index (χ4n) is 0.932. The molecule has 0 aliphatic heterocycles. The smallest absolute Gasteiger partial charge is 0.383 e. The Hall–Kier alpha value is -2.39. The molecule has 0 unspecified atom stereocenters. The van der Waals surface area contributed by atoms with Gasteiger partial charge < -0.3 is 5.73 Å². The summed E-state index contributed by atoms with van der Waals surface area (Å²) >= 11 is 0. The van der Waals surface area contributed by atoms with Gasteiger partial charge in [0, 0.05) is 11.1 Å². The minimum Gasteiger partial charge on any atom is -0.383 e. The summed E-state index contributed by atoms with van der Waals surface area (Å²) in [5, 5.41) is 3.11. The first-order valence-electron chi connectivity index (χ1n) is 4.27. The summed E-state index contributed by atoms with van der Waals surface area (Å²) in [4.78, 5) is 5.84. The molecule has 17 heavy (non-hydrogen) atoms. The van der Waals surface area contributed by atoms with E-state index in [1.54, 1.807) is 0 Å². The van der Waals surface area contributed by atoms with E-state index in [0.717, 1.165) is 6.07 Å². The third-order valence-electron chi connectivity index (χ3n) is 1.68. The largest absolute Gasteiger partial charge is 0.417 e. The minimum atomic E-state index is -4.50. The quantitative estimate of drug-likeness (QED) is 0.354. The molecule has 0 fully saturated rings. The van der Waals surface area contributed by atoms with Crippen LogP contribution in [0, 0.1) is 11.8 Å². The number of anilines is 1. The number of hydrogen-bond donors (Lipinski definition) is 1. The van der Waals surface area contributed by atoms with Gasteiger partial charge in [0.2, 0.25) is 0 Å². The molecule has 1 aromatic rings. The van der Waals surface area contributed by atoms with Crippen molar-refractivity contribution in [1.29, 1.82) is 0 Å². The summed E-state index contributed by atoms with van der Waals surface area (Å²) in [5.41, 5.74) is 12.4. The van der Waals surface area contributed by atoms with Crippen molar-refractivity contribution >= 4 is 5.82 Å². The van der Waals surface area contributed by atoms with Crippen LogP contribution in [0.1, 0.15) is 11.1 Å². The zero-order valence-corrected chi connectivity index (χ0v) is 8.36. The molecule has 0 spiro atoms. The molecule has 0 aromatic carbocycles. The van der Waals surface area contributed by atoms with Gasteiger partial charge in [-0.2, -0.15) is 13.2 Å². The third kappa shape index (κ3) is 3.59. The van der Waals surface area contributed by atoms with E-state index in [-0.39, 0.29) is 17.9 Å². The first-order valence-corrected chi connectivity index (χ1v) is 4.27. The normalized spacial score (nSPS) is 10.1. The Morgan fingerprint density at radius 1 is 1.53 bits per heavy atom. The highest BCUT2D eigenvalue weighted by Gasteiger charge is 2.31. The van der Waals surface area contributed by atoms with E-state index in [4.69, 9.17) is 11.3 Å². The van der Waals surface area contributed by atoms with Crippen LogP contribution in [0.4, 0.5) is 19.0 Å². The number of alkyl halides is 3. The van der Waals surface area contributed by atoms with Gasteiger partial charge in [-0.15, -0.1) is 0 Å². The molecule has 0 atom stereocenters. The number of hydrogen-bond acceptors (Lipinski definition) is 3. The van der Waals surface area contributed by atoms with Gasteiger partial charge in [0.05, 0.1) is 17.7 Å². The van der Waals surface area contributed by atoms with Gasteiger partial charge in [0.1, 0.15) is 5.82 Å². The van der Waals surface area contributed by atoms with Crippen LogP contribution in [-0.2, 0) is 6.18 Å². The van der Waals surface area contributed by atoms with Crippen molar-refractivity contribution in [2.75, 3.05) is 12.3 Å². The summed E-state index contributed by atoms with van der Waals surface area (Å²) in [7, 11) is 0. The summed E-state index contributed by atoms with van der Waals surface area (Å²) in [6, 6.07) is 0.797. The lowest BCUT2D eigenvalue weighted by Crippen LogP contribution is -2.07. The third-order valence-corrected chi connectivity index (χ3v) is 1.68. The molecule has 1 heterocycles. The lowest BCUT2D eigenvalue weighted by atomic mass is 10.2. The lowest BCUT2D eigenvalue weighted by molar-refractivity contribution is -0.137. The zero-order chi connectivity index (χ0) is 12.9. The molecule has 0 saturated carbocycles. The average molecular weight is 241 g/mol. The Labute approximate surface area is 94.1 Å². The molecule has 5 nitrogen and oxygen atoms in total. The van der Waals surface area contributed by atoms with Crippen molar-refractivity contribution in [2.45, 2.75) is 6.18 Å². The van der Waals surface area contributed by atoms with Crippen LogP contribution < -0.4 is 5.73 Å². The molecule has 8 heteroatoms. The molecular weight excluding hydrogens is 235 g/mol. The maximum atomic E-state index is 12.3. The van der Waals surface area contributed by atoms with Gasteiger partial charge >= 0.3 is 6.18 Å². The van der Waals surface area contributed by atoms with Crippen LogP contribution in [0.25, 0.3) is 10.4 Å². The summed E-state index contributed by atoms with van der Waals surface area (Å²) in [5.74, 6) is 4.62. The number of azide groups is 1. The van der Waals surface area contributed by atoms with Crippen molar-refractivity contribution in [2.24, 2.45) is 5.11 Å². The molecule has 0 aliphatic rings. The maximum absolute atomic E-state index is 12.3. The Bertz CT molecular complexity index is 520. The maximum Gasteiger partial charge on any atom is 0.417 e. The van der Waals surface area contributed by atoms with Gasteiger partial charge in [0.25, 0.3) is 0 Å². The number of pyridine rings is 1. The second-order valence-corrected chi connectivity index (χ2v) is 2.85. The summed E-state index contributed by atoms with van der Waals surface area (Å²) < 4.78 is 37.0. The molecule has 0 aliphatic carbocycles. The van der Waals surface area contributed by atoms with E-state index >= 15 is 0 Å². The molecule has 0 radical (unpaired) electrons. The molecule has 0 bridgehead atoms. The Morgan fingerprint density at radius 3 is 2.82 bits per heavy atom. The molecular formula is C9H6F3N5. The molecule has 2 N–H and O–H groups in total. The van der Waals surface area contributed by atoms with E-state index in [0.29, 0.717) is 6.20 Å². The second kappa shape index (κ2) is 5.09. The lowest BCUT2D eigenvalue weighted by Gasteiger charge is -2.06. The SMILES string of the molecule is [N-]=[N+]=NCC#Cc1cc(C(F)(F)F)cnc1N. The second-order valence-electron chi connectivity index (χ2n) is 2.85. The van der Waals surface area contributed by atoms with Crippen molar-refractivity contribution < 1.29 is 13.2 Å². The molecule has 1 rings (SSSR count). The van der Waals surface area contributed by atoms with Crippen LogP contribution >= 0.6 is 0 Å². The average Bonchev–Trinajstić information content (AvgIpc) is 2.25. The van der Waals surface area contributed by atoms with Gasteiger partial charge in [-0.3, -0.25) is 0 Å². The Balaban J connectivity index is 3.05. The van der Waals surface area contributed by atoms with Gasteiger partial charge in [-0.05, 0) is 11.6 Å². The highest BCUT2D eigenvalue weighted by atomic mass is 19.4. The first kappa shape index (κ1) is 12.7. The Kier molecular flexibility index (Phi) is 3.80. The summed E-state index contributed by atoms with van der Waals surface area (Å²) in [6.45, 7) is -0.147. The van der Waals surface area contributed by atoms with E-state index in [1.807, 2.05) is 0 Å². The number of nitrogen functional groups attached to an aromatic ring is 1. The van der Waals surface area contributed by atoms with Crippen molar-refractivity contribution in [3.63, 3.8) is 0 Å². The number of nitrogens with two attached hydrogens (primary N) is 1. The van der Waals surface area contributed by atoms with E-state index in [2.05, 4.69) is 26.9 Å². The van der Waals surface area contributed by atoms with E-state index in [1.165, 1.54) is 0 Å². The van der Waals surface area contributed by atoms with Gasteiger partial charge in [-0.25, -0.2) is 4.98 Å². The van der Waals surface area contributed by atoms with E-state index < -0.39 is 11.7 Å². The number of nitrogens with zero attached hydrogens (tertiary/aromatic N) is 4. The fraction of sp³-hybridized carbons (Fsp3) is 0.222. The zero-order valence-electron chi connectivity index (χ0n) is 8.36. The highest BCUT2D eigenvalue weighted by Crippen LogP contribution is 2.29. The van der Waals surface area contributed by atoms with Gasteiger partial charge in [0.15, 0.2) is 0 Å². The van der Waals surface area contributed by atoms with E-state index in [9.17, 15) is 13.2 Å². The highest BCUT2D eigenvalue weighted by molar-refractivity contribution is 5.52. The fourth-order valence-corrected chi connectivity index (χ4v) is 0.932. The van der Waals surface area contributed by atoms with Crippen molar-refractivity contribution in [3.8, 4) is 11.8 Å². The van der Waals surface area contributed by atoms with Gasteiger partial charge in [-0.1, -0.05) is 17.0 Å². The molecule has 88 valence electrons. The predicted molar refractivity (Wildman–Crippen MR) is 54.5 cm³/mol.